The van der Waals surface area contributed by atoms with Crippen molar-refractivity contribution in [3.05, 3.63) is 55.7 Å². The monoisotopic (exact) mass is 431 g/mol. The fourth-order valence-corrected chi connectivity index (χ4v) is 3.86. The Hall–Kier alpha value is -0.530. The van der Waals surface area contributed by atoms with Gasteiger partial charge in [0.25, 0.3) is 10.0 Å². The average Bonchev–Trinajstić information content (AvgIpc) is 2.37. The topological polar surface area (TPSA) is 46.2 Å². The van der Waals surface area contributed by atoms with E-state index in [0.29, 0.717) is 0 Å². The third kappa shape index (κ3) is 3.81. The lowest BCUT2D eigenvalue weighted by molar-refractivity contribution is 0.593. The lowest BCUT2D eigenvalue weighted by Crippen LogP contribution is -2.14. The molecule has 0 fully saturated rings. The minimum Gasteiger partial charge on any atom is -0.277 e. The molecule has 0 aliphatic carbocycles. The summed E-state index contributed by atoms with van der Waals surface area (Å²) in [5.41, 5.74) is -0.0222. The summed E-state index contributed by atoms with van der Waals surface area (Å²) in [7, 11) is -4.03. The van der Waals surface area contributed by atoms with Gasteiger partial charge in [-0.1, -0.05) is 34.8 Å². The van der Waals surface area contributed by atoms with Crippen LogP contribution in [0.15, 0.2) is 39.7 Å². The molecule has 2 aromatic carbocycles. The molecule has 0 atom stereocenters. The molecule has 0 heterocycles. The zero-order chi connectivity index (χ0) is 15.8. The van der Waals surface area contributed by atoms with Crippen molar-refractivity contribution in [1.82, 2.24) is 0 Å². The van der Waals surface area contributed by atoms with Gasteiger partial charge in [0.2, 0.25) is 0 Å². The second kappa shape index (κ2) is 6.30. The van der Waals surface area contributed by atoms with E-state index in [0.717, 1.165) is 6.07 Å². The Morgan fingerprint density at radius 1 is 1.05 bits per heavy atom. The van der Waals surface area contributed by atoms with Crippen molar-refractivity contribution in [2.75, 3.05) is 4.72 Å². The number of sulfonamides is 1. The summed E-state index contributed by atoms with van der Waals surface area (Å²) < 4.78 is 40.2. The standard InChI is InChI=1S/C12H6BrCl3FNO2S/c13-8-2-1-7(5-11(8)17)21(19,20)18-12-9(15)3-6(14)4-10(12)16/h1-5,18H. The van der Waals surface area contributed by atoms with Crippen LogP contribution in [0.5, 0.6) is 0 Å². The first-order valence-corrected chi connectivity index (χ1v) is 8.74. The maximum Gasteiger partial charge on any atom is 0.262 e. The van der Waals surface area contributed by atoms with E-state index in [9.17, 15) is 12.8 Å². The smallest absolute Gasteiger partial charge is 0.262 e. The van der Waals surface area contributed by atoms with Gasteiger partial charge in [-0.2, -0.15) is 0 Å². The normalized spacial score (nSPS) is 11.5. The van der Waals surface area contributed by atoms with E-state index in [2.05, 4.69) is 20.7 Å². The van der Waals surface area contributed by atoms with E-state index >= 15 is 0 Å². The van der Waals surface area contributed by atoms with E-state index in [1.807, 2.05) is 0 Å². The Morgan fingerprint density at radius 2 is 1.62 bits per heavy atom. The number of rotatable bonds is 3. The van der Waals surface area contributed by atoms with Crippen molar-refractivity contribution in [2.24, 2.45) is 0 Å². The molecule has 0 saturated carbocycles. The first-order valence-electron chi connectivity index (χ1n) is 5.33. The number of nitrogens with one attached hydrogen (secondary N) is 1. The molecular weight excluding hydrogens is 427 g/mol. The van der Waals surface area contributed by atoms with Gasteiger partial charge in [-0.3, -0.25) is 4.72 Å². The first-order chi connectivity index (χ1) is 9.70. The molecule has 3 nitrogen and oxygen atoms in total. The van der Waals surface area contributed by atoms with Crippen LogP contribution in [-0.4, -0.2) is 8.42 Å². The zero-order valence-corrected chi connectivity index (χ0v) is 14.7. The van der Waals surface area contributed by atoms with Crippen LogP contribution in [0.2, 0.25) is 15.1 Å². The predicted molar refractivity (Wildman–Crippen MR) is 86.4 cm³/mol. The maximum absolute atomic E-state index is 13.5. The van der Waals surface area contributed by atoms with E-state index in [-0.39, 0.29) is 30.1 Å². The Labute approximate surface area is 144 Å². The van der Waals surface area contributed by atoms with Crippen molar-refractivity contribution in [3.63, 3.8) is 0 Å². The van der Waals surface area contributed by atoms with Gasteiger partial charge in [-0.15, -0.1) is 0 Å². The summed E-state index contributed by atoms with van der Waals surface area (Å²) in [4.78, 5) is -0.259. The molecular formula is C12H6BrCl3FNO2S. The van der Waals surface area contributed by atoms with Crippen LogP contribution in [0.4, 0.5) is 10.1 Å². The second-order valence-electron chi connectivity index (χ2n) is 3.93. The molecule has 0 amide bonds. The molecule has 0 aliphatic rings. The minimum atomic E-state index is -4.03. The van der Waals surface area contributed by atoms with Gasteiger partial charge in [0, 0.05) is 5.02 Å². The molecule has 2 aromatic rings. The Balaban J connectivity index is 2.44. The van der Waals surface area contributed by atoms with E-state index in [1.54, 1.807) is 0 Å². The SMILES string of the molecule is O=S(=O)(Nc1c(Cl)cc(Cl)cc1Cl)c1ccc(Br)c(F)c1. The molecule has 1 N–H and O–H groups in total. The van der Waals surface area contributed by atoms with Gasteiger partial charge in [0.15, 0.2) is 0 Å². The quantitative estimate of drug-likeness (QED) is 0.709. The van der Waals surface area contributed by atoms with Crippen molar-refractivity contribution in [1.29, 1.82) is 0 Å². The Kier molecular flexibility index (Phi) is 5.05. The summed E-state index contributed by atoms with van der Waals surface area (Å²) in [6, 6.07) is 6.09. The molecule has 0 radical (unpaired) electrons. The van der Waals surface area contributed by atoms with Gasteiger partial charge in [0.1, 0.15) is 5.82 Å². The second-order valence-corrected chi connectivity index (χ2v) is 7.71. The summed E-state index contributed by atoms with van der Waals surface area (Å²) in [6.45, 7) is 0. The number of anilines is 1. The van der Waals surface area contributed by atoms with E-state index < -0.39 is 15.8 Å². The highest BCUT2D eigenvalue weighted by Gasteiger charge is 2.19. The van der Waals surface area contributed by atoms with Crippen molar-refractivity contribution >= 4 is 66.4 Å². The number of hydrogen-bond acceptors (Lipinski definition) is 2. The molecule has 9 heteroatoms. The highest BCUT2D eigenvalue weighted by molar-refractivity contribution is 9.10. The van der Waals surface area contributed by atoms with Crippen molar-refractivity contribution < 1.29 is 12.8 Å². The van der Waals surface area contributed by atoms with Crippen LogP contribution in [-0.2, 0) is 10.0 Å². The summed E-state index contributed by atoms with van der Waals surface area (Å²) >= 11 is 20.5. The Bertz CT molecular complexity index is 791. The van der Waals surface area contributed by atoms with Crippen LogP contribution in [0, 0.1) is 5.82 Å². The maximum atomic E-state index is 13.5. The summed E-state index contributed by atoms with van der Waals surface area (Å²) in [5.74, 6) is -0.703. The first kappa shape index (κ1) is 16.8. The Morgan fingerprint density at radius 3 is 2.14 bits per heavy atom. The highest BCUT2D eigenvalue weighted by Crippen LogP contribution is 2.35. The van der Waals surface area contributed by atoms with Crippen LogP contribution in [0.3, 0.4) is 0 Å². The van der Waals surface area contributed by atoms with Gasteiger partial charge < -0.3 is 0 Å². The lowest BCUT2D eigenvalue weighted by atomic mass is 10.3. The third-order valence-corrected chi connectivity index (χ3v) is 5.25. The van der Waals surface area contributed by atoms with Crippen LogP contribution in [0.25, 0.3) is 0 Å². The molecule has 21 heavy (non-hydrogen) atoms. The molecule has 0 saturated heterocycles. The van der Waals surface area contributed by atoms with Gasteiger partial charge >= 0.3 is 0 Å². The van der Waals surface area contributed by atoms with E-state index in [4.69, 9.17) is 34.8 Å². The zero-order valence-electron chi connectivity index (χ0n) is 10.0. The highest BCUT2D eigenvalue weighted by atomic mass is 79.9. The van der Waals surface area contributed by atoms with Crippen molar-refractivity contribution in [2.45, 2.75) is 4.90 Å². The van der Waals surface area contributed by atoms with Gasteiger partial charge in [-0.25, -0.2) is 12.8 Å². The molecule has 2 rings (SSSR count). The molecule has 0 unspecified atom stereocenters. The number of hydrogen-bond donors (Lipinski definition) is 1. The molecule has 0 aromatic heterocycles. The minimum absolute atomic E-state index is 0.0222. The van der Waals surface area contributed by atoms with Gasteiger partial charge in [0.05, 0.1) is 25.1 Å². The summed E-state index contributed by atoms with van der Waals surface area (Å²) in [6.07, 6.45) is 0. The van der Waals surface area contributed by atoms with Gasteiger partial charge in [-0.05, 0) is 46.3 Å². The fourth-order valence-electron chi connectivity index (χ4n) is 1.48. The number of benzene rings is 2. The lowest BCUT2D eigenvalue weighted by Gasteiger charge is -2.12. The largest absolute Gasteiger partial charge is 0.277 e. The average molecular weight is 434 g/mol. The molecule has 0 aliphatic heterocycles. The molecule has 0 bridgehead atoms. The van der Waals surface area contributed by atoms with Crippen LogP contribution < -0.4 is 4.72 Å². The third-order valence-electron chi connectivity index (χ3n) is 2.44. The van der Waals surface area contributed by atoms with Crippen LogP contribution in [0.1, 0.15) is 0 Å². The van der Waals surface area contributed by atoms with Crippen LogP contribution >= 0.6 is 50.7 Å². The predicted octanol–water partition coefficient (Wildman–Crippen LogP) is 5.35. The number of halogens is 5. The molecule has 0 spiro atoms. The van der Waals surface area contributed by atoms with Crippen molar-refractivity contribution in [3.8, 4) is 0 Å². The fraction of sp³-hybridized carbons (Fsp3) is 0. The molecule has 112 valence electrons. The summed E-state index contributed by atoms with van der Waals surface area (Å²) in [5, 5.41) is 0.338. The van der Waals surface area contributed by atoms with E-state index in [1.165, 1.54) is 24.3 Å².